The van der Waals surface area contributed by atoms with Crippen LogP contribution in [0.4, 0.5) is 0 Å². The number of nitrogens with zero attached hydrogens (tertiary/aromatic N) is 1. The highest BCUT2D eigenvalue weighted by atomic mass is 16.2. The lowest BCUT2D eigenvalue weighted by Crippen LogP contribution is -2.44. The van der Waals surface area contributed by atoms with Gasteiger partial charge in [0.2, 0.25) is 0 Å². The summed E-state index contributed by atoms with van der Waals surface area (Å²) in [6.07, 6.45) is 1.28. The molecule has 0 aliphatic carbocycles. The largest absolute Gasteiger partial charge is 0.337 e. The summed E-state index contributed by atoms with van der Waals surface area (Å²) in [5.74, 6) is 0.329. The molecule has 108 valence electrons. The maximum Gasteiger partial charge on any atom is 0.254 e. The van der Waals surface area contributed by atoms with Crippen LogP contribution in [0.3, 0.4) is 0 Å². The summed E-state index contributed by atoms with van der Waals surface area (Å²) in [7, 11) is 0. The minimum Gasteiger partial charge on any atom is -0.337 e. The maximum absolute atomic E-state index is 12.8. The summed E-state index contributed by atoms with van der Waals surface area (Å²) in [5.41, 5.74) is 0.734. The molecule has 1 aliphatic heterocycles. The number of Topliss-reactive ketones (excluding diaryl/α,β-unsaturated/α-hetero) is 1. The van der Waals surface area contributed by atoms with Crippen LogP contribution >= 0.6 is 0 Å². The lowest BCUT2D eigenvalue weighted by Gasteiger charge is -2.31. The highest BCUT2D eigenvalue weighted by Gasteiger charge is 2.29. The second kappa shape index (κ2) is 5.68. The fourth-order valence-electron chi connectivity index (χ4n) is 3.03. The fraction of sp³-hybridized carbons (Fsp3) is 0.333. The van der Waals surface area contributed by atoms with Gasteiger partial charge in [0.15, 0.2) is 0 Å². The van der Waals surface area contributed by atoms with Crippen molar-refractivity contribution in [2.75, 3.05) is 13.1 Å². The van der Waals surface area contributed by atoms with Crippen molar-refractivity contribution < 1.29 is 9.59 Å². The van der Waals surface area contributed by atoms with Gasteiger partial charge < -0.3 is 4.90 Å². The molecule has 3 rings (SSSR count). The number of ketones is 1. The van der Waals surface area contributed by atoms with Crippen molar-refractivity contribution in [2.24, 2.45) is 5.92 Å². The Bertz CT molecular complexity index is 687. The first kappa shape index (κ1) is 13.8. The lowest BCUT2D eigenvalue weighted by molar-refractivity contribution is -0.125. The molecule has 1 aliphatic rings. The second-order valence-corrected chi connectivity index (χ2v) is 5.60. The maximum atomic E-state index is 12.8. The Labute approximate surface area is 124 Å². The van der Waals surface area contributed by atoms with E-state index >= 15 is 0 Å². The summed E-state index contributed by atoms with van der Waals surface area (Å²) in [4.78, 5) is 26.4. The Hall–Kier alpha value is -2.16. The van der Waals surface area contributed by atoms with Gasteiger partial charge in [-0.2, -0.15) is 0 Å². The van der Waals surface area contributed by atoms with E-state index in [0.717, 1.165) is 22.8 Å². The Morgan fingerprint density at radius 3 is 2.76 bits per heavy atom. The molecule has 1 amide bonds. The Morgan fingerprint density at radius 2 is 1.95 bits per heavy atom. The van der Waals surface area contributed by atoms with Crippen molar-refractivity contribution in [3.8, 4) is 0 Å². The number of hydrogen-bond acceptors (Lipinski definition) is 2. The highest BCUT2D eigenvalue weighted by molar-refractivity contribution is 6.07. The molecule has 1 unspecified atom stereocenters. The van der Waals surface area contributed by atoms with Crippen molar-refractivity contribution in [1.29, 1.82) is 0 Å². The molecule has 1 fully saturated rings. The molecule has 0 spiro atoms. The number of carbonyl (C=O) groups excluding carboxylic acids is 2. The summed E-state index contributed by atoms with van der Waals surface area (Å²) >= 11 is 0. The number of benzene rings is 2. The zero-order valence-corrected chi connectivity index (χ0v) is 12.2. The van der Waals surface area contributed by atoms with Crippen LogP contribution in [0, 0.1) is 5.92 Å². The monoisotopic (exact) mass is 281 g/mol. The number of piperidine rings is 1. The molecule has 1 saturated heterocycles. The first-order valence-corrected chi connectivity index (χ1v) is 7.50. The minimum absolute atomic E-state index is 0.00215. The predicted molar refractivity (Wildman–Crippen MR) is 83.3 cm³/mol. The van der Waals surface area contributed by atoms with E-state index in [1.165, 1.54) is 0 Å². The fourth-order valence-corrected chi connectivity index (χ4v) is 3.03. The Morgan fingerprint density at radius 1 is 1.19 bits per heavy atom. The molecular weight excluding hydrogens is 262 g/mol. The number of amides is 1. The quantitative estimate of drug-likeness (QED) is 0.847. The van der Waals surface area contributed by atoms with Gasteiger partial charge in [-0.25, -0.2) is 0 Å². The summed E-state index contributed by atoms with van der Waals surface area (Å²) in [6.45, 7) is 3.10. The third-order valence-corrected chi connectivity index (χ3v) is 4.32. The van der Waals surface area contributed by atoms with Gasteiger partial charge in [-0.3, -0.25) is 9.59 Å². The Kier molecular flexibility index (Phi) is 3.74. The van der Waals surface area contributed by atoms with E-state index in [-0.39, 0.29) is 11.8 Å². The van der Waals surface area contributed by atoms with Crippen LogP contribution in [0.1, 0.15) is 30.1 Å². The zero-order chi connectivity index (χ0) is 14.8. The van der Waals surface area contributed by atoms with Gasteiger partial charge in [-0.15, -0.1) is 0 Å². The first-order valence-electron chi connectivity index (χ1n) is 7.50. The molecule has 0 radical (unpaired) electrons. The standard InChI is InChI=1S/C18H19NO2/c1-2-13-12-19(11-10-17(13)20)18(21)16-9-5-7-14-6-3-4-8-15(14)16/h3-9,13H,2,10-12H2,1H3. The molecule has 2 aromatic rings. The van der Waals surface area contributed by atoms with Crippen molar-refractivity contribution >= 4 is 22.5 Å². The van der Waals surface area contributed by atoms with Gasteiger partial charge in [-0.1, -0.05) is 43.3 Å². The Balaban J connectivity index is 1.92. The molecule has 2 aromatic carbocycles. The molecule has 0 saturated carbocycles. The van der Waals surface area contributed by atoms with Crippen molar-refractivity contribution in [2.45, 2.75) is 19.8 Å². The molecule has 0 bridgehead atoms. The van der Waals surface area contributed by atoms with E-state index in [0.29, 0.717) is 25.3 Å². The average molecular weight is 281 g/mol. The van der Waals surface area contributed by atoms with Crippen LogP contribution in [0.25, 0.3) is 10.8 Å². The summed E-state index contributed by atoms with van der Waals surface area (Å²) < 4.78 is 0. The molecule has 21 heavy (non-hydrogen) atoms. The number of likely N-dealkylation sites (tertiary alicyclic amines) is 1. The second-order valence-electron chi connectivity index (χ2n) is 5.60. The molecular formula is C18H19NO2. The molecule has 3 heteroatoms. The van der Waals surface area contributed by atoms with Crippen LogP contribution in [0.5, 0.6) is 0 Å². The van der Waals surface area contributed by atoms with Crippen molar-refractivity contribution in [3.63, 3.8) is 0 Å². The minimum atomic E-state index is -0.00215. The number of rotatable bonds is 2. The van der Waals surface area contributed by atoms with Gasteiger partial charge in [-0.05, 0) is 23.3 Å². The van der Waals surface area contributed by atoms with Gasteiger partial charge in [0, 0.05) is 31.0 Å². The van der Waals surface area contributed by atoms with Crippen molar-refractivity contribution in [3.05, 3.63) is 48.0 Å². The molecule has 0 aromatic heterocycles. The molecule has 1 heterocycles. The molecule has 3 nitrogen and oxygen atoms in total. The van der Waals surface area contributed by atoms with Gasteiger partial charge in [0.25, 0.3) is 5.91 Å². The smallest absolute Gasteiger partial charge is 0.254 e. The number of hydrogen-bond donors (Lipinski definition) is 0. The SMILES string of the molecule is CCC1CN(C(=O)c2cccc3ccccc23)CCC1=O. The van der Waals surface area contributed by atoms with E-state index < -0.39 is 0 Å². The first-order chi connectivity index (χ1) is 10.2. The summed E-state index contributed by atoms with van der Waals surface area (Å²) in [6, 6.07) is 13.7. The van der Waals surface area contributed by atoms with Crippen LogP contribution in [0.2, 0.25) is 0 Å². The van der Waals surface area contributed by atoms with E-state index in [2.05, 4.69) is 0 Å². The van der Waals surface area contributed by atoms with Gasteiger partial charge in [0.1, 0.15) is 5.78 Å². The predicted octanol–water partition coefficient (Wildman–Crippen LogP) is 3.28. The van der Waals surface area contributed by atoms with Crippen LogP contribution in [-0.2, 0) is 4.79 Å². The summed E-state index contributed by atoms with van der Waals surface area (Å²) in [5, 5.41) is 2.05. The van der Waals surface area contributed by atoms with Crippen LogP contribution in [0.15, 0.2) is 42.5 Å². The number of fused-ring (bicyclic) bond motifs is 1. The third-order valence-electron chi connectivity index (χ3n) is 4.32. The van der Waals surface area contributed by atoms with Crippen LogP contribution in [-0.4, -0.2) is 29.7 Å². The van der Waals surface area contributed by atoms with Gasteiger partial charge in [0.05, 0.1) is 0 Å². The highest BCUT2D eigenvalue weighted by Crippen LogP contribution is 2.23. The number of carbonyl (C=O) groups is 2. The van der Waals surface area contributed by atoms with E-state index in [4.69, 9.17) is 0 Å². The van der Waals surface area contributed by atoms with Crippen molar-refractivity contribution in [1.82, 2.24) is 4.90 Å². The normalized spacial score (nSPS) is 19.0. The zero-order valence-electron chi connectivity index (χ0n) is 12.2. The molecule has 0 N–H and O–H groups in total. The van der Waals surface area contributed by atoms with E-state index in [1.807, 2.05) is 54.3 Å². The van der Waals surface area contributed by atoms with Gasteiger partial charge >= 0.3 is 0 Å². The van der Waals surface area contributed by atoms with Crippen LogP contribution < -0.4 is 0 Å². The van der Waals surface area contributed by atoms with E-state index in [1.54, 1.807) is 0 Å². The third kappa shape index (κ3) is 2.56. The average Bonchev–Trinajstić information content (AvgIpc) is 2.54. The topological polar surface area (TPSA) is 37.4 Å². The van der Waals surface area contributed by atoms with E-state index in [9.17, 15) is 9.59 Å². The molecule has 1 atom stereocenters. The lowest BCUT2D eigenvalue weighted by atomic mass is 9.93.